The molecule has 0 aliphatic heterocycles. The molecular formula is C22H34N4O2. The third kappa shape index (κ3) is 7.06. The Morgan fingerprint density at radius 1 is 0.643 bits per heavy atom. The van der Waals surface area contributed by atoms with Crippen LogP contribution >= 0.6 is 0 Å². The molecule has 0 saturated heterocycles. The third-order valence-corrected chi connectivity index (χ3v) is 5.81. The van der Waals surface area contributed by atoms with Gasteiger partial charge in [-0.3, -0.25) is 0 Å². The van der Waals surface area contributed by atoms with Crippen LogP contribution in [-0.2, 0) is 13.1 Å². The van der Waals surface area contributed by atoms with Crippen LogP contribution in [-0.4, -0.2) is 24.1 Å². The highest BCUT2D eigenvalue weighted by molar-refractivity contribution is 5.74. The van der Waals surface area contributed by atoms with Crippen LogP contribution in [0, 0.1) is 0 Å². The zero-order chi connectivity index (χ0) is 19.6. The van der Waals surface area contributed by atoms with Crippen molar-refractivity contribution in [3.8, 4) is 0 Å². The van der Waals surface area contributed by atoms with E-state index in [-0.39, 0.29) is 12.1 Å². The van der Waals surface area contributed by atoms with Crippen molar-refractivity contribution in [1.82, 2.24) is 21.3 Å². The van der Waals surface area contributed by atoms with Crippen molar-refractivity contribution in [3.63, 3.8) is 0 Å². The van der Waals surface area contributed by atoms with Crippen LogP contribution in [0.1, 0.15) is 75.3 Å². The van der Waals surface area contributed by atoms with E-state index in [9.17, 15) is 9.59 Å². The van der Waals surface area contributed by atoms with E-state index < -0.39 is 0 Å². The smallest absolute Gasteiger partial charge is 0.315 e. The van der Waals surface area contributed by atoms with Gasteiger partial charge >= 0.3 is 12.1 Å². The topological polar surface area (TPSA) is 82.3 Å². The van der Waals surface area contributed by atoms with E-state index in [1.54, 1.807) is 0 Å². The Bertz CT molecular complexity index is 565. The van der Waals surface area contributed by atoms with E-state index in [1.807, 2.05) is 24.3 Å². The molecule has 2 aliphatic carbocycles. The fourth-order valence-corrected chi connectivity index (χ4v) is 4.11. The molecule has 3 rings (SSSR count). The van der Waals surface area contributed by atoms with Crippen LogP contribution < -0.4 is 21.3 Å². The Morgan fingerprint density at radius 3 is 1.36 bits per heavy atom. The van der Waals surface area contributed by atoms with Crippen molar-refractivity contribution in [2.75, 3.05) is 0 Å². The van der Waals surface area contributed by atoms with Crippen molar-refractivity contribution in [2.45, 2.75) is 89.4 Å². The Morgan fingerprint density at radius 2 is 1.00 bits per heavy atom. The molecule has 6 nitrogen and oxygen atoms in total. The highest BCUT2D eigenvalue weighted by Gasteiger charge is 2.16. The van der Waals surface area contributed by atoms with E-state index >= 15 is 0 Å². The number of rotatable bonds is 6. The number of urea groups is 2. The maximum absolute atomic E-state index is 12.0. The molecule has 0 unspecified atom stereocenters. The molecule has 4 N–H and O–H groups in total. The van der Waals surface area contributed by atoms with Crippen LogP contribution in [0.25, 0.3) is 0 Å². The van der Waals surface area contributed by atoms with Gasteiger partial charge in [-0.25, -0.2) is 9.59 Å². The van der Waals surface area contributed by atoms with Gasteiger partial charge in [-0.2, -0.15) is 0 Å². The summed E-state index contributed by atoms with van der Waals surface area (Å²) in [6.07, 6.45) is 11.7. The number of hydrogen-bond acceptors (Lipinski definition) is 2. The maximum atomic E-state index is 12.0. The van der Waals surface area contributed by atoms with Crippen LogP contribution in [0.3, 0.4) is 0 Å². The van der Waals surface area contributed by atoms with E-state index in [0.29, 0.717) is 25.2 Å². The lowest BCUT2D eigenvalue weighted by atomic mass is 9.96. The molecule has 0 bridgehead atoms. The third-order valence-electron chi connectivity index (χ3n) is 5.81. The number of amides is 4. The molecule has 0 aromatic heterocycles. The number of carbonyl (C=O) groups is 2. The van der Waals surface area contributed by atoms with Gasteiger partial charge in [-0.1, -0.05) is 62.8 Å². The minimum absolute atomic E-state index is 0.0861. The number of hydrogen-bond donors (Lipinski definition) is 4. The lowest BCUT2D eigenvalue weighted by Crippen LogP contribution is -2.42. The summed E-state index contributed by atoms with van der Waals surface area (Å²) in [7, 11) is 0. The van der Waals surface area contributed by atoms with Gasteiger partial charge in [0.1, 0.15) is 0 Å². The summed E-state index contributed by atoms with van der Waals surface area (Å²) in [5.41, 5.74) is 2.10. The quantitative estimate of drug-likeness (QED) is 0.597. The lowest BCUT2D eigenvalue weighted by Gasteiger charge is -2.23. The summed E-state index contributed by atoms with van der Waals surface area (Å²) in [5.74, 6) is 0. The summed E-state index contributed by atoms with van der Waals surface area (Å²) in [5, 5.41) is 12.0. The molecule has 2 aliphatic rings. The minimum atomic E-state index is -0.0861. The SMILES string of the molecule is O=C(NCc1ccc(CNC(=O)NC2CCCCC2)cc1)NC1CCCCC1. The second kappa shape index (κ2) is 10.9. The lowest BCUT2D eigenvalue weighted by molar-refractivity contribution is 0.231. The minimum Gasteiger partial charge on any atom is -0.335 e. The summed E-state index contributed by atoms with van der Waals surface area (Å²) in [6.45, 7) is 1.02. The first-order valence-corrected chi connectivity index (χ1v) is 10.9. The van der Waals surface area contributed by atoms with Gasteiger partial charge in [-0.15, -0.1) is 0 Å². The zero-order valence-electron chi connectivity index (χ0n) is 16.8. The average Bonchev–Trinajstić information content (AvgIpc) is 2.73. The molecule has 0 atom stereocenters. The van der Waals surface area contributed by atoms with Crippen molar-refractivity contribution < 1.29 is 9.59 Å². The first-order chi connectivity index (χ1) is 13.7. The van der Waals surface area contributed by atoms with Gasteiger partial charge < -0.3 is 21.3 Å². The van der Waals surface area contributed by atoms with Gasteiger partial charge in [0.25, 0.3) is 0 Å². The Labute approximate surface area is 168 Å². The van der Waals surface area contributed by atoms with Crippen molar-refractivity contribution in [2.24, 2.45) is 0 Å². The summed E-state index contributed by atoms with van der Waals surface area (Å²) < 4.78 is 0. The predicted octanol–water partition coefficient (Wildman–Crippen LogP) is 3.95. The van der Waals surface area contributed by atoms with Crippen LogP contribution in [0.4, 0.5) is 9.59 Å². The zero-order valence-corrected chi connectivity index (χ0v) is 16.8. The molecule has 6 heteroatoms. The number of benzene rings is 1. The summed E-state index contributed by atoms with van der Waals surface area (Å²) >= 11 is 0. The van der Waals surface area contributed by atoms with Crippen molar-refractivity contribution in [3.05, 3.63) is 35.4 Å². The van der Waals surface area contributed by atoms with E-state index in [4.69, 9.17) is 0 Å². The standard InChI is InChI=1S/C22H34N4O2/c27-21(25-19-7-3-1-4-8-19)23-15-17-11-13-18(14-12-17)16-24-22(28)26-20-9-5-2-6-10-20/h11-14,19-20H,1-10,15-16H2,(H2,23,25,27)(H2,24,26,28). The van der Waals surface area contributed by atoms with Gasteiger partial charge in [0.2, 0.25) is 0 Å². The van der Waals surface area contributed by atoms with Gasteiger partial charge in [0.15, 0.2) is 0 Å². The summed E-state index contributed by atoms with van der Waals surface area (Å²) in [6, 6.07) is 8.46. The molecule has 154 valence electrons. The van der Waals surface area contributed by atoms with Crippen molar-refractivity contribution >= 4 is 12.1 Å². The molecule has 0 spiro atoms. The maximum Gasteiger partial charge on any atom is 0.315 e. The second-order valence-corrected chi connectivity index (χ2v) is 8.14. The molecule has 2 fully saturated rings. The highest BCUT2D eigenvalue weighted by atomic mass is 16.2. The van der Waals surface area contributed by atoms with Crippen LogP contribution in [0.15, 0.2) is 24.3 Å². The molecule has 0 heterocycles. The van der Waals surface area contributed by atoms with E-state index in [1.165, 1.54) is 38.5 Å². The van der Waals surface area contributed by atoms with Crippen molar-refractivity contribution in [1.29, 1.82) is 0 Å². The predicted molar refractivity (Wildman–Crippen MR) is 111 cm³/mol. The average molecular weight is 387 g/mol. The largest absolute Gasteiger partial charge is 0.335 e. The Kier molecular flexibility index (Phi) is 8.00. The molecular weight excluding hydrogens is 352 g/mol. The van der Waals surface area contributed by atoms with Gasteiger partial charge in [0.05, 0.1) is 0 Å². The monoisotopic (exact) mass is 386 g/mol. The highest BCUT2D eigenvalue weighted by Crippen LogP contribution is 2.18. The molecule has 1 aromatic carbocycles. The first kappa shape index (κ1) is 20.5. The summed E-state index contributed by atoms with van der Waals surface area (Å²) in [4.78, 5) is 24.0. The normalized spacial score (nSPS) is 18.3. The molecule has 0 radical (unpaired) electrons. The number of carbonyl (C=O) groups excluding carboxylic acids is 2. The second-order valence-electron chi connectivity index (χ2n) is 8.14. The van der Waals surface area contributed by atoms with Gasteiger partial charge in [-0.05, 0) is 36.8 Å². The van der Waals surface area contributed by atoms with E-state index in [2.05, 4.69) is 21.3 Å². The fraction of sp³-hybridized carbons (Fsp3) is 0.636. The first-order valence-electron chi connectivity index (χ1n) is 10.9. The Balaban J connectivity index is 1.33. The van der Waals surface area contributed by atoms with Gasteiger partial charge in [0, 0.05) is 25.2 Å². The van der Waals surface area contributed by atoms with Crippen LogP contribution in [0.5, 0.6) is 0 Å². The molecule has 1 aromatic rings. The van der Waals surface area contributed by atoms with E-state index in [0.717, 1.165) is 36.8 Å². The van der Waals surface area contributed by atoms with Crippen LogP contribution in [0.2, 0.25) is 0 Å². The Hall–Kier alpha value is -2.24. The fourth-order valence-electron chi connectivity index (χ4n) is 4.11. The molecule has 2 saturated carbocycles. The number of nitrogens with one attached hydrogen (secondary N) is 4. The molecule has 4 amide bonds. The molecule has 28 heavy (non-hydrogen) atoms.